The Morgan fingerprint density at radius 1 is 1.80 bits per heavy atom. The van der Waals surface area contributed by atoms with Crippen molar-refractivity contribution < 1.29 is 0 Å². The van der Waals surface area contributed by atoms with Gasteiger partial charge in [-0.3, -0.25) is 0 Å². The molecule has 0 aliphatic rings. The van der Waals surface area contributed by atoms with Crippen molar-refractivity contribution in [1.82, 2.24) is 0 Å². The minimum absolute atomic E-state index is 1.17. The molecule has 0 aromatic heterocycles. The summed E-state index contributed by atoms with van der Waals surface area (Å²) in [5.74, 6) is 0. The lowest BCUT2D eigenvalue weighted by Crippen LogP contribution is -1.72. The van der Waals surface area contributed by atoms with Crippen LogP contribution in [-0.4, -0.2) is 10.5 Å². The number of halogens is 2. The van der Waals surface area contributed by atoms with Crippen molar-refractivity contribution in [3.05, 3.63) is 0 Å². The third-order valence-corrected chi connectivity index (χ3v) is 1.30. The van der Waals surface area contributed by atoms with Gasteiger partial charge in [0.1, 0.15) is 0 Å². The van der Waals surface area contributed by atoms with Gasteiger partial charge >= 0.3 is 0 Å². The van der Waals surface area contributed by atoms with Crippen LogP contribution in [-0.2, 0) is 0 Å². The molecule has 0 spiro atoms. The Labute approximate surface area is 55.1 Å². The quantitative estimate of drug-likeness (QED) is 0.396. The Hall–Kier alpha value is 1.27. The lowest BCUT2D eigenvalue weighted by atomic mass is 10.1. The summed E-state index contributed by atoms with van der Waals surface area (Å²) >= 11 is 5.51. The SMILES string of the molecule is Br[B]CCI. The van der Waals surface area contributed by atoms with E-state index in [1.165, 1.54) is 10.7 Å². The van der Waals surface area contributed by atoms with Crippen LogP contribution >= 0.6 is 38.3 Å². The van der Waals surface area contributed by atoms with Gasteiger partial charge in [0.25, 0.3) is 0 Å². The molecule has 0 N–H and O–H groups in total. The molecular formula is C2H4BBrI. The number of alkyl halides is 1. The summed E-state index contributed by atoms with van der Waals surface area (Å²) in [6.07, 6.45) is 3.15. The summed E-state index contributed by atoms with van der Waals surface area (Å²) in [5, 5.41) is 0. The maximum Gasteiger partial charge on any atom is 0.206 e. The van der Waals surface area contributed by atoms with Crippen LogP contribution in [0.25, 0.3) is 0 Å². The molecule has 0 atom stereocenters. The zero-order valence-corrected chi connectivity index (χ0v) is 6.49. The molecule has 0 fully saturated rings. The van der Waals surface area contributed by atoms with Crippen molar-refractivity contribution in [1.29, 1.82) is 0 Å². The predicted octanol–water partition coefficient (Wildman–Crippen LogP) is 1.85. The highest BCUT2D eigenvalue weighted by Crippen LogP contribution is 1.89. The molecule has 0 saturated carbocycles. The minimum atomic E-state index is 1.17. The van der Waals surface area contributed by atoms with E-state index < -0.39 is 0 Å². The molecule has 0 unspecified atom stereocenters. The first-order valence-corrected chi connectivity index (χ1v) is 3.83. The topological polar surface area (TPSA) is 0 Å². The summed E-state index contributed by atoms with van der Waals surface area (Å²) in [5.41, 5.74) is 0. The first-order valence-electron chi connectivity index (χ1n) is 1.39. The van der Waals surface area contributed by atoms with Gasteiger partial charge in [-0.1, -0.05) is 28.9 Å². The van der Waals surface area contributed by atoms with Gasteiger partial charge in [-0.2, -0.15) is 15.8 Å². The molecule has 0 nitrogen and oxygen atoms in total. The normalized spacial score (nSPS) is 7.60. The van der Waals surface area contributed by atoms with Gasteiger partial charge in [0, 0.05) is 0 Å². The van der Waals surface area contributed by atoms with Crippen molar-refractivity contribution in [3.8, 4) is 0 Å². The molecule has 29 valence electrons. The first-order chi connectivity index (χ1) is 2.41. The number of hydrogen-bond acceptors (Lipinski definition) is 0. The summed E-state index contributed by atoms with van der Waals surface area (Å²) < 4.78 is 1.21. The Morgan fingerprint density at radius 3 is 2.40 bits per heavy atom. The average Bonchev–Trinajstić information content (AvgIpc) is 1.41. The maximum absolute atomic E-state index is 3.18. The van der Waals surface area contributed by atoms with Crippen LogP contribution < -0.4 is 0 Å². The van der Waals surface area contributed by atoms with Crippen LogP contribution in [0, 0.1) is 0 Å². The highest BCUT2D eigenvalue weighted by Gasteiger charge is 1.75. The van der Waals surface area contributed by atoms with Gasteiger partial charge < -0.3 is 0 Å². The predicted molar refractivity (Wildman–Crippen MR) is 38.4 cm³/mol. The molecular weight excluding hydrogens is 242 g/mol. The van der Waals surface area contributed by atoms with Gasteiger partial charge in [0.2, 0.25) is 6.10 Å². The third kappa shape index (κ3) is 5.27. The summed E-state index contributed by atoms with van der Waals surface area (Å²) in [7, 11) is 0. The Balaban J connectivity index is 2.19. The molecule has 0 saturated heterocycles. The van der Waals surface area contributed by atoms with Crippen LogP contribution in [0.2, 0.25) is 6.32 Å². The van der Waals surface area contributed by atoms with Crippen LogP contribution in [0.15, 0.2) is 0 Å². The lowest BCUT2D eigenvalue weighted by Gasteiger charge is -1.73. The smallest absolute Gasteiger partial charge is 0.166 e. The van der Waals surface area contributed by atoms with Gasteiger partial charge in [0.05, 0.1) is 0 Å². The van der Waals surface area contributed by atoms with Crippen molar-refractivity contribution in [2.45, 2.75) is 6.32 Å². The van der Waals surface area contributed by atoms with E-state index in [9.17, 15) is 0 Å². The van der Waals surface area contributed by atoms with E-state index in [2.05, 4.69) is 38.3 Å². The lowest BCUT2D eigenvalue weighted by molar-refractivity contribution is 1.55. The van der Waals surface area contributed by atoms with Gasteiger partial charge in [-0.15, -0.1) is 0 Å². The van der Waals surface area contributed by atoms with Gasteiger partial charge in [-0.05, 0) is 4.43 Å². The number of rotatable bonds is 2. The van der Waals surface area contributed by atoms with E-state index in [-0.39, 0.29) is 0 Å². The molecule has 0 aromatic rings. The van der Waals surface area contributed by atoms with Crippen LogP contribution in [0.4, 0.5) is 0 Å². The minimum Gasteiger partial charge on any atom is -0.166 e. The van der Waals surface area contributed by atoms with Crippen LogP contribution in [0.1, 0.15) is 0 Å². The molecule has 0 heterocycles. The van der Waals surface area contributed by atoms with Crippen LogP contribution in [0.5, 0.6) is 0 Å². The largest absolute Gasteiger partial charge is 0.206 e. The fraction of sp³-hybridized carbons (Fsp3) is 1.00. The molecule has 0 aromatic carbocycles. The van der Waals surface area contributed by atoms with Crippen molar-refractivity contribution in [2.75, 3.05) is 4.43 Å². The Morgan fingerprint density at radius 2 is 2.40 bits per heavy atom. The monoisotopic (exact) mass is 245 g/mol. The molecule has 3 heteroatoms. The number of hydrogen-bond donors (Lipinski definition) is 0. The molecule has 0 amide bonds. The molecule has 0 bridgehead atoms. The Bertz CT molecular complexity index is 17.1. The summed E-state index contributed by atoms with van der Waals surface area (Å²) in [4.78, 5) is 0. The zero-order chi connectivity index (χ0) is 4.12. The first kappa shape index (κ1) is 6.27. The van der Waals surface area contributed by atoms with E-state index >= 15 is 0 Å². The van der Waals surface area contributed by atoms with E-state index in [1.807, 2.05) is 6.10 Å². The van der Waals surface area contributed by atoms with E-state index in [0.717, 1.165) is 0 Å². The zero-order valence-electron chi connectivity index (χ0n) is 2.75. The molecule has 0 aliphatic heterocycles. The molecule has 0 rings (SSSR count). The molecule has 1 radical (unpaired) electrons. The van der Waals surface area contributed by atoms with Crippen molar-refractivity contribution in [3.63, 3.8) is 0 Å². The van der Waals surface area contributed by atoms with E-state index in [4.69, 9.17) is 0 Å². The fourth-order valence-electron chi connectivity index (χ4n) is 0.0412. The van der Waals surface area contributed by atoms with Crippen molar-refractivity contribution >= 4 is 44.5 Å². The van der Waals surface area contributed by atoms with E-state index in [1.54, 1.807) is 0 Å². The standard InChI is InChI=1S/C2H4BBrI/c4-3-1-2-5/h1-2H2. The second-order valence-electron chi connectivity index (χ2n) is 0.632. The van der Waals surface area contributed by atoms with Crippen molar-refractivity contribution in [2.24, 2.45) is 0 Å². The van der Waals surface area contributed by atoms with Crippen LogP contribution in [0.3, 0.4) is 0 Å². The molecule has 0 aliphatic carbocycles. The average molecular weight is 246 g/mol. The highest BCUT2D eigenvalue weighted by atomic mass is 127. The summed E-state index contributed by atoms with van der Waals surface area (Å²) in [6.45, 7) is 0. The van der Waals surface area contributed by atoms with Gasteiger partial charge in [0.15, 0.2) is 0 Å². The maximum atomic E-state index is 3.18. The molecule has 5 heavy (non-hydrogen) atoms. The van der Waals surface area contributed by atoms with E-state index in [0.29, 0.717) is 0 Å². The third-order valence-electron chi connectivity index (χ3n) is 0.218. The summed E-state index contributed by atoms with van der Waals surface area (Å²) in [6, 6.07) is 0. The fourth-order valence-corrected chi connectivity index (χ4v) is 1.44. The second kappa shape index (κ2) is 5.27. The van der Waals surface area contributed by atoms with Gasteiger partial charge in [-0.25, -0.2) is 0 Å². The Kier molecular flexibility index (Phi) is 6.62. The highest BCUT2D eigenvalue weighted by molar-refractivity contribution is 14.1. The second-order valence-corrected chi connectivity index (χ2v) is 2.36.